The van der Waals surface area contributed by atoms with E-state index in [0.29, 0.717) is 11.3 Å². The van der Waals surface area contributed by atoms with E-state index in [9.17, 15) is 4.79 Å². The third-order valence-corrected chi connectivity index (χ3v) is 2.44. The lowest BCUT2D eigenvalue weighted by atomic mass is 10.2. The molecule has 0 unspecified atom stereocenters. The number of halogens is 1. The first-order valence-electron chi connectivity index (χ1n) is 4.13. The van der Waals surface area contributed by atoms with E-state index in [2.05, 4.69) is 15.9 Å². The van der Waals surface area contributed by atoms with Crippen molar-refractivity contribution in [3.8, 4) is 0 Å². The highest BCUT2D eigenvalue weighted by molar-refractivity contribution is 9.10. The molecule has 0 aliphatic carbocycles. The molecule has 2 N–H and O–H groups in total. The van der Waals surface area contributed by atoms with Gasteiger partial charge in [-0.25, -0.2) is 0 Å². The molecule has 1 heterocycles. The van der Waals surface area contributed by atoms with Gasteiger partial charge in [0.05, 0.1) is 6.54 Å². The van der Waals surface area contributed by atoms with E-state index in [4.69, 9.17) is 10.2 Å². The molecule has 0 aliphatic heterocycles. The first-order chi connectivity index (χ1) is 6.70. The van der Waals surface area contributed by atoms with Crippen molar-refractivity contribution in [3.05, 3.63) is 34.5 Å². The van der Waals surface area contributed by atoms with Crippen LogP contribution in [-0.2, 0) is 0 Å². The monoisotopic (exact) mass is 253 g/mol. The molecule has 72 valence electrons. The van der Waals surface area contributed by atoms with Crippen LogP contribution in [0.5, 0.6) is 0 Å². The fraction of sp³-hybridized carbons (Fsp3) is 0.100. The molecule has 3 nitrogen and oxygen atoms in total. The van der Waals surface area contributed by atoms with Crippen molar-refractivity contribution >= 4 is 32.7 Å². The summed E-state index contributed by atoms with van der Waals surface area (Å²) in [6, 6.07) is 7.31. The van der Waals surface area contributed by atoms with Gasteiger partial charge in [-0.3, -0.25) is 4.79 Å². The van der Waals surface area contributed by atoms with Crippen molar-refractivity contribution in [1.82, 2.24) is 0 Å². The second kappa shape index (κ2) is 3.55. The topological polar surface area (TPSA) is 56.2 Å². The quantitative estimate of drug-likeness (QED) is 0.837. The molecule has 2 aromatic rings. The highest BCUT2D eigenvalue weighted by Crippen LogP contribution is 2.23. The summed E-state index contributed by atoms with van der Waals surface area (Å²) in [7, 11) is 0. The van der Waals surface area contributed by atoms with Crippen LogP contribution in [0.1, 0.15) is 10.6 Å². The van der Waals surface area contributed by atoms with E-state index in [1.807, 2.05) is 18.2 Å². The molecular formula is C10H8BrNO2. The second-order valence-corrected chi connectivity index (χ2v) is 3.84. The number of ketones is 1. The molecule has 1 aromatic carbocycles. The average Bonchev–Trinajstić information content (AvgIpc) is 2.59. The molecule has 0 saturated carbocycles. The van der Waals surface area contributed by atoms with E-state index >= 15 is 0 Å². The van der Waals surface area contributed by atoms with Crippen LogP contribution in [0.2, 0.25) is 0 Å². The minimum atomic E-state index is -0.183. The van der Waals surface area contributed by atoms with Gasteiger partial charge in [-0.1, -0.05) is 15.9 Å². The van der Waals surface area contributed by atoms with Gasteiger partial charge >= 0.3 is 0 Å². The maximum Gasteiger partial charge on any atom is 0.211 e. The number of carbonyl (C=O) groups excluding carboxylic acids is 1. The fourth-order valence-corrected chi connectivity index (χ4v) is 1.58. The molecule has 1 aromatic heterocycles. The van der Waals surface area contributed by atoms with Gasteiger partial charge in [0.25, 0.3) is 0 Å². The Morgan fingerprint density at radius 1 is 1.43 bits per heavy atom. The zero-order valence-corrected chi connectivity index (χ0v) is 8.87. The first kappa shape index (κ1) is 9.43. The first-order valence-corrected chi connectivity index (χ1v) is 4.92. The Balaban J connectivity index is 2.56. The zero-order chi connectivity index (χ0) is 10.1. The van der Waals surface area contributed by atoms with Crippen LogP contribution in [0.25, 0.3) is 11.0 Å². The van der Waals surface area contributed by atoms with E-state index in [-0.39, 0.29) is 12.3 Å². The van der Waals surface area contributed by atoms with Crippen LogP contribution in [0, 0.1) is 0 Å². The minimum absolute atomic E-state index is 0.0268. The van der Waals surface area contributed by atoms with Gasteiger partial charge in [0, 0.05) is 9.86 Å². The number of nitrogens with two attached hydrogens (primary N) is 1. The number of hydrogen-bond acceptors (Lipinski definition) is 3. The largest absolute Gasteiger partial charge is 0.453 e. The number of rotatable bonds is 2. The van der Waals surface area contributed by atoms with Crippen LogP contribution < -0.4 is 5.73 Å². The van der Waals surface area contributed by atoms with Crippen LogP contribution in [0.4, 0.5) is 0 Å². The lowest BCUT2D eigenvalue weighted by molar-refractivity contribution is 0.0977. The van der Waals surface area contributed by atoms with Gasteiger partial charge in [-0.15, -0.1) is 0 Å². The normalized spacial score (nSPS) is 10.7. The van der Waals surface area contributed by atoms with Crippen molar-refractivity contribution in [1.29, 1.82) is 0 Å². The predicted octanol–water partition coefficient (Wildman–Crippen LogP) is 2.34. The van der Waals surface area contributed by atoms with E-state index in [0.717, 1.165) is 9.86 Å². The molecule has 0 aliphatic rings. The van der Waals surface area contributed by atoms with Gasteiger partial charge in [0.15, 0.2) is 5.76 Å². The van der Waals surface area contributed by atoms with Crippen molar-refractivity contribution in [2.45, 2.75) is 0 Å². The molecule has 2 rings (SSSR count). The molecular weight excluding hydrogens is 246 g/mol. The van der Waals surface area contributed by atoms with Crippen LogP contribution in [0.15, 0.2) is 33.2 Å². The number of benzene rings is 1. The molecule has 0 amide bonds. The lowest BCUT2D eigenvalue weighted by Gasteiger charge is -1.89. The molecule has 0 radical (unpaired) electrons. The van der Waals surface area contributed by atoms with Gasteiger partial charge < -0.3 is 10.2 Å². The van der Waals surface area contributed by atoms with Gasteiger partial charge in [0.2, 0.25) is 5.78 Å². The standard InChI is InChI=1S/C10H8BrNO2/c11-7-2-1-6-3-10(8(13)5-12)14-9(6)4-7/h1-4H,5,12H2. The van der Waals surface area contributed by atoms with Crippen molar-refractivity contribution < 1.29 is 9.21 Å². The highest BCUT2D eigenvalue weighted by atomic mass is 79.9. The van der Waals surface area contributed by atoms with Crippen molar-refractivity contribution in [2.24, 2.45) is 5.73 Å². The number of Topliss-reactive ketones (excluding diaryl/α,β-unsaturated/α-hetero) is 1. The predicted molar refractivity (Wildman–Crippen MR) is 57.3 cm³/mol. The summed E-state index contributed by atoms with van der Waals surface area (Å²) >= 11 is 3.33. The number of carbonyl (C=O) groups is 1. The summed E-state index contributed by atoms with van der Waals surface area (Å²) in [6.45, 7) is -0.0268. The molecule has 0 spiro atoms. The summed E-state index contributed by atoms with van der Waals surface area (Å²) in [5.74, 6) is 0.137. The molecule has 4 heteroatoms. The average molecular weight is 254 g/mol. The van der Waals surface area contributed by atoms with Crippen molar-refractivity contribution in [2.75, 3.05) is 6.54 Å². The molecule has 0 atom stereocenters. The van der Waals surface area contributed by atoms with Crippen LogP contribution in [-0.4, -0.2) is 12.3 Å². The summed E-state index contributed by atoms with van der Waals surface area (Å²) < 4.78 is 6.26. The summed E-state index contributed by atoms with van der Waals surface area (Å²) in [5.41, 5.74) is 5.93. The maximum atomic E-state index is 11.2. The summed E-state index contributed by atoms with van der Waals surface area (Å²) in [4.78, 5) is 11.2. The Morgan fingerprint density at radius 3 is 2.93 bits per heavy atom. The summed E-state index contributed by atoms with van der Waals surface area (Å²) in [6.07, 6.45) is 0. The van der Waals surface area contributed by atoms with E-state index in [1.165, 1.54) is 0 Å². The zero-order valence-electron chi connectivity index (χ0n) is 7.29. The number of furan rings is 1. The minimum Gasteiger partial charge on any atom is -0.453 e. The third-order valence-electron chi connectivity index (χ3n) is 1.94. The molecule has 14 heavy (non-hydrogen) atoms. The number of fused-ring (bicyclic) bond motifs is 1. The lowest BCUT2D eigenvalue weighted by Crippen LogP contribution is -2.12. The second-order valence-electron chi connectivity index (χ2n) is 2.92. The third kappa shape index (κ3) is 1.58. The van der Waals surface area contributed by atoms with E-state index < -0.39 is 0 Å². The molecule has 0 bridgehead atoms. The van der Waals surface area contributed by atoms with E-state index in [1.54, 1.807) is 6.07 Å². The Kier molecular flexibility index (Phi) is 2.39. The van der Waals surface area contributed by atoms with Gasteiger partial charge in [0.1, 0.15) is 5.58 Å². The van der Waals surface area contributed by atoms with Crippen LogP contribution in [0.3, 0.4) is 0 Å². The maximum absolute atomic E-state index is 11.2. The Bertz CT molecular complexity index is 490. The van der Waals surface area contributed by atoms with Crippen LogP contribution >= 0.6 is 15.9 Å². The Morgan fingerprint density at radius 2 is 2.21 bits per heavy atom. The van der Waals surface area contributed by atoms with Gasteiger partial charge in [-0.05, 0) is 24.3 Å². The Labute approximate surface area is 89.0 Å². The number of hydrogen-bond donors (Lipinski definition) is 1. The SMILES string of the molecule is NCC(=O)c1cc2ccc(Br)cc2o1. The highest BCUT2D eigenvalue weighted by Gasteiger charge is 2.10. The smallest absolute Gasteiger partial charge is 0.211 e. The summed E-state index contributed by atoms with van der Waals surface area (Å²) in [5, 5.41) is 0.907. The fourth-order valence-electron chi connectivity index (χ4n) is 1.24. The van der Waals surface area contributed by atoms with Gasteiger partial charge in [-0.2, -0.15) is 0 Å². The molecule has 0 saturated heterocycles. The molecule has 0 fully saturated rings. The Hall–Kier alpha value is -1.13. The van der Waals surface area contributed by atoms with Crippen molar-refractivity contribution in [3.63, 3.8) is 0 Å².